The number of rotatable bonds is 3. The van der Waals surface area contributed by atoms with Crippen molar-refractivity contribution in [2.75, 3.05) is 0 Å². The van der Waals surface area contributed by atoms with Gasteiger partial charge in [0.15, 0.2) is 10.7 Å². The second-order valence-electron chi connectivity index (χ2n) is 4.05. The van der Waals surface area contributed by atoms with Crippen LogP contribution in [0.2, 0.25) is 5.02 Å². The van der Waals surface area contributed by atoms with E-state index in [2.05, 4.69) is 27.6 Å². The number of imidazole rings is 1. The molecule has 1 aromatic carbocycles. The number of ketones is 1. The van der Waals surface area contributed by atoms with Crippen molar-refractivity contribution in [3.63, 3.8) is 0 Å². The van der Waals surface area contributed by atoms with Crippen LogP contribution >= 0.6 is 45.5 Å². The van der Waals surface area contributed by atoms with E-state index in [4.69, 9.17) is 11.6 Å². The molecular weight excluding hydrogens is 395 g/mol. The molecular formula is C13H8ClIN2OS. The predicted octanol–water partition coefficient (Wildman–Crippen LogP) is 4.08. The molecule has 0 atom stereocenters. The van der Waals surface area contributed by atoms with Crippen LogP contribution in [-0.2, 0) is 6.42 Å². The average molecular weight is 403 g/mol. The number of thiazole rings is 1. The van der Waals surface area contributed by atoms with Crippen molar-refractivity contribution in [3.8, 4) is 0 Å². The highest BCUT2D eigenvalue weighted by molar-refractivity contribution is 14.1. The van der Waals surface area contributed by atoms with Crippen molar-refractivity contribution in [1.29, 1.82) is 0 Å². The van der Waals surface area contributed by atoms with Crippen molar-refractivity contribution >= 4 is 56.3 Å². The highest BCUT2D eigenvalue weighted by Crippen LogP contribution is 2.21. The molecule has 96 valence electrons. The summed E-state index contributed by atoms with van der Waals surface area (Å²) in [5, 5.41) is 2.57. The minimum absolute atomic E-state index is 0.0315. The van der Waals surface area contributed by atoms with Gasteiger partial charge in [-0.2, -0.15) is 0 Å². The van der Waals surface area contributed by atoms with Crippen molar-refractivity contribution in [3.05, 3.63) is 55.8 Å². The van der Waals surface area contributed by atoms with Gasteiger partial charge in [0.1, 0.15) is 0 Å². The Bertz CT molecular complexity index is 736. The predicted molar refractivity (Wildman–Crippen MR) is 85.3 cm³/mol. The van der Waals surface area contributed by atoms with E-state index in [1.165, 1.54) is 0 Å². The Morgan fingerprint density at radius 1 is 1.47 bits per heavy atom. The van der Waals surface area contributed by atoms with Crippen molar-refractivity contribution in [2.24, 2.45) is 0 Å². The first kappa shape index (κ1) is 13.1. The van der Waals surface area contributed by atoms with E-state index in [9.17, 15) is 4.79 Å². The summed E-state index contributed by atoms with van der Waals surface area (Å²) in [6, 6.07) is 5.36. The number of carbonyl (C=O) groups is 1. The first-order valence-electron chi connectivity index (χ1n) is 5.53. The number of Topliss-reactive ketones (excluding diaryl/α,β-unsaturated/α-hetero) is 1. The van der Waals surface area contributed by atoms with Gasteiger partial charge in [-0.25, -0.2) is 4.98 Å². The van der Waals surface area contributed by atoms with Crippen LogP contribution in [-0.4, -0.2) is 15.2 Å². The summed E-state index contributed by atoms with van der Waals surface area (Å²) >= 11 is 9.72. The van der Waals surface area contributed by atoms with Gasteiger partial charge in [0, 0.05) is 26.9 Å². The van der Waals surface area contributed by atoms with Gasteiger partial charge in [0.05, 0.1) is 17.1 Å². The van der Waals surface area contributed by atoms with E-state index < -0.39 is 0 Å². The minimum Gasteiger partial charge on any atom is -0.297 e. The summed E-state index contributed by atoms with van der Waals surface area (Å²) in [7, 11) is 0. The van der Waals surface area contributed by atoms with Gasteiger partial charge in [-0.05, 0) is 34.7 Å². The molecule has 0 aliphatic heterocycles. The van der Waals surface area contributed by atoms with Crippen LogP contribution in [0, 0.1) is 3.57 Å². The summed E-state index contributed by atoms with van der Waals surface area (Å²) in [6.45, 7) is 0. The maximum Gasteiger partial charge on any atom is 0.193 e. The van der Waals surface area contributed by atoms with Gasteiger partial charge in [0.2, 0.25) is 0 Å². The third-order valence-corrected chi connectivity index (χ3v) is 5.07. The molecule has 0 N–H and O–H groups in total. The molecule has 3 rings (SSSR count). The lowest BCUT2D eigenvalue weighted by Crippen LogP contribution is -2.04. The molecule has 6 heteroatoms. The maximum atomic E-state index is 12.2. The van der Waals surface area contributed by atoms with Crippen LogP contribution in [0.1, 0.15) is 16.1 Å². The van der Waals surface area contributed by atoms with E-state index in [0.717, 1.165) is 14.2 Å². The summed E-state index contributed by atoms with van der Waals surface area (Å²) < 4.78 is 2.87. The fourth-order valence-corrected chi connectivity index (χ4v) is 3.03. The molecule has 0 radical (unpaired) electrons. The molecule has 0 saturated carbocycles. The normalized spacial score (nSPS) is 11.1. The van der Waals surface area contributed by atoms with Gasteiger partial charge < -0.3 is 0 Å². The van der Waals surface area contributed by atoms with Crippen LogP contribution in [0.3, 0.4) is 0 Å². The fourth-order valence-electron chi connectivity index (χ4n) is 1.80. The number of halogens is 2. The Morgan fingerprint density at radius 3 is 3.05 bits per heavy atom. The van der Waals surface area contributed by atoms with E-state index >= 15 is 0 Å². The Kier molecular flexibility index (Phi) is 3.60. The zero-order valence-electron chi connectivity index (χ0n) is 9.64. The molecule has 0 fully saturated rings. The van der Waals surface area contributed by atoms with Crippen LogP contribution in [0.4, 0.5) is 0 Å². The smallest absolute Gasteiger partial charge is 0.193 e. The Labute approximate surface area is 132 Å². The van der Waals surface area contributed by atoms with Crippen LogP contribution in [0.5, 0.6) is 0 Å². The highest BCUT2D eigenvalue weighted by atomic mass is 127. The largest absolute Gasteiger partial charge is 0.297 e. The summed E-state index contributed by atoms with van der Waals surface area (Å²) in [5.41, 5.74) is 1.41. The summed E-state index contributed by atoms with van der Waals surface area (Å²) in [5.74, 6) is 0.0315. The first-order chi connectivity index (χ1) is 9.13. The number of aromatic nitrogens is 2. The SMILES string of the molecule is O=C(Cc1cn2ccsc2n1)c1ccc(I)c(Cl)c1. The van der Waals surface area contributed by atoms with E-state index in [1.807, 2.05) is 28.2 Å². The van der Waals surface area contributed by atoms with E-state index in [0.29, 0.717) is 17.0 Å². The molecule has 0 unspecified atom stereocenters. The van der Waals surface area contributed by atoms with Gasteiger partial charge in [-0.3, -0.25) is 9.20 Å². The van der Waals surface area contributed by atoms with Crippen molar-refractivity contribution < 1.29 is 4.79 Å². The topological polar surface area (TPSA) is 34.4 Å². The zero-order valence-corrected chi connectivity index (χ0v) is 13.4. The average Bonchev–Trinajstić information content (AvgIpc) is 2.93. The Morgan fingerprint density at radius 2 is 2.32 bits per heavy atom. The molecule has 3 aromatic rings. The number of hydrogen-bond donors (Lipinski definition) is 0. The molecule has 19 heavy (non-hydrogen) atoms. The molecule has 2 aromatic heterocycles. The highest BCUT2D eigenvalue weighted by Gasteiger charge is 2.11. The van der Waals surface area contributed by atoms with Gasteiger partial charge >= 0.3 is 0 Å². The molecule has 0 spiro atoms. The molecule has 0 saturated heterocycles. The number of benzene rings is 1. The maximum absolute atomic E-state index is 12.2. The fraction of sp³-hybridized carbons (Fsp3) is 0.0769. The molecule has 2 heterocycles. The Hall–Kier alpha value is -0.920. The van der Waals surface area contributed by atoms with Gasteiger partial charge in [-0.15, -0.1) is 11.3 Å². The third kappa shape index (κ3) is 2.68. The third-order valence-electron chi connectivity index (χ3n) is 2.73. The second-order valence-corrected chi connectivity index (χ2v) is 6.50. The standard InChI is InChI=1S/C13H8ClIN2OS/c14-10-5-8(1-2-11(10)15)12(18)6-9-7-17-3-4-19-13(17)16-9/h1-5,7H,6H2. The van der Waals surface area contributed by atoms with Crippen LogP contribution in [0.25, 0.3) is 4.96 Å². The molecule has 0 aliphatic carbocycles. The van der Waals surface area contributed by atoms with Gasteiger partial charge in [0.25, 0.3) is 0 Å². The number of fused-ring (bicyclic) bond motifs is 1. The van der Waals surface area contributed by atoms with Crippen molar-refractivity contribution in [2.45, 2.75) is 6.42 Å². The summed E-state index contributed by atoms with van der Waals surface area (Å²) in [4.78, 5) is 17.5. The molecule has 0 amide bonds. The quantitative estimate of drug-likeness (QED) is 0.489. The lowest BCUT2D eigenvalue weighted by molar-refractivity contribution is 0.0992. The molecule has 3 nitrogen and oxygen atoms in total. The number of hydrogen-bond acceptors (Lipinski definition) is 3. The lowest BCUT2D eigenvalue weighted by atomic mass is 10.1. The number of nitrogens with zero attached hydrogens (tertiary/aromatic N) is 2. The first-order valence-corrected chi connectivity index (χ1v) is 7.86. The van der Waals surface area contributed by atoms with Crippen molar-refractivity contribution in [1.82, 2.24) is 9.38 Å². The number of carbonyl (C=O) groups excluding carboxylic acids is 1. The van der Waals surface area contributed by atoms with Crippen LogP contribution < -0.4 is 0 Å². The second kappa shape index (κ2) is 5.22. The molecule has 0 aliphatic rings. The van der Waals surface area contributed by atoms with E-state index in [-0.39, 0.29) is 5.78 Å². The van der Waals surface area contributed by atoms with Crippen LogP contribution in [0.15, 0.2) is 36.0 Å². The molecule has 0 bridgehead atoms. The monoisotopic (exact) mass is 402 g/mol. The minimum atomic E-state index is 0.0315. The zero-order chi connectivity index (χ0) is 13.4. The van der Waals surface area contributed by atoms with Gasteiger partial charge in [-0.1, -0.05) is 17.7 Å². The van der Waals surface area contributed by atoms with E-state index in [1.54, 1.807) is 23.5 Å². The summed E-state index contributed by atoms with van der Waals surface area (Å²) in [6.07, 6.45) is 4.12. The lowest BCUT2D eigenvalue weighted by Gasteiger charge is -2.01. The Balaban J connectivity index is 1.84.